The normalized spacial score (nSPS) is 21.1. The molecule has 3 rings (SSSR count). The summed E-state index contributed by atoms with van der Waals surface area (Å²) in [5.74, 6) is 1.98. The van der Waals surface area contributed by atoms with Gasteiger partial charge in [-0.3, -0.25) is 0 Å². The van der Waals surface area contributed by atoms with E-state index >= 15 is 0 Å². The van der Waals surface area contributed by atoms with E-state index in [0.717, 1.165) is 50.6 Å². The van der Waals surface area contributed by atoms with Crippen molar-refractivity contribution in [3.8, 4) is 5.75 Å². The third kappa shape index (κ3) is 2.52. The van der Waals surface area contributed by atoms with E-state index in [1.807, 2.05) is 12.3 Å². The fourth-order valence-corrected chi connectivity index (χ4v) is 2.28. The van der Waals surface area contributed by atoms with Crippen LogP contribution in [0.15, 0.2) is 18.3 Å². The Bertz CT molecular complexity index is 355. The maximum atomic E-state index is 5.92. The fraction of sp³-hybridized carbons (Fsp3) is 0.615. The Morgan fingerprint density at radius 3 is 2.65 bits per heavy atom. The molecule has 17 heavy (non-hydrogen) atoms. The molecule has 1 aromatic heterocycles. The van der Waals surface area contributed by atoms with Crippen molar-refractivity contribution in [2.24, 2.45) is 0 Å². The number of nitrogens with one attached hydrogen (secondary N) is 1. The SMILES string of the molecule is c1cc(N2CCC2)ncc1OC1CCNCC1. The molecule has 2 fully saturated rings. The molecule has 0 unspecified atom stereocenters. The van der Waals surface area contributed by atoms with Crippen LogP contribution < -0.4 is 15.0 Å². The lowest BCUT2D eigenvalue weighted by Crippen LogP contribution is -2.37. The van der Waals surface area contributed by atoms with Crippen LogP contribution in [0.4, 0.5) is 5.82 Å². The summed E-state index contributed by atoms with van der Waals surface area (Å²) in [6.45, 7) is 4.40. The van der Waals surface area contributed by atoms with Gasteiger partial charge in [0.15, 0.2) is 0 Å². The second-order valence-electron chi connectivity index (χ2n) is 4.76. The van der Waals surface area contributed by atoms with Crippen molar-refractivity contribution in [1.82, 2.24) is 10.3 Å². The van der Waals surface area contributed by atoms with Crippen LogP contribution in [-0.2, 0) is 0 Å². The van der Waals surface area contributed by atoms with E-state index in [-0.39, 0.29) is 0 Å². The molecule has 4 nitrogen and oxygen atoms in total. The minimum Gasteiger partial charge on any atom is -0.489 e. The summed E-state index contributed by atoms with van der Waals surface area (Å²) in [5, 5.41) is 3.34. The smallest absolute Gasteiger partial charge is 0.138 e. The first-order valence-electron chi connectivity index (χ1n) is 6.50. The van der Waals surface area contributed by atoms with E-state index in [0.29, 0.717) is 6.10 Å². The van der Waals surface area contributed by atoms with E-state index < -0.39 is 0 Å². The number of hydrogen-bond donors (Lipinski definition) is 1. The summed E-state index contributed by atoms with van der Waals surface area (Å²) in [5.41, 5.74) is 0. The number of rotatable bonds is 3. The standard InChI is InChI=1S/C13H19N3O/c1-8-16(9-1)13-3-2-12(10-15-13)17-11-4-6-14-7-5-11/h2-3,10-11,14H,1,4-9H2. The minimum atomic E-state index is 0.355. The molecule has 2 saturated heterocycles. The van der Waals surface area contributed by atoms with Crippen molar-refractivity contribution in [3.05, 3.63) is 18.3 Å². The predicted octanol–water partition coefficient (Wildman–Crippen LogP) is 1.42. The molecule has 0 radical (unpaired) electrons. The van der Waals surface area contributed by atoms with Gasteiger partial charge in [-0.2, -0.15) is 0 Å². The van der Waals surface area contributed by atoms with E-state index in [9.17, 15) is 0 Å². The number of piperidine rings is 1. The Labute approximate surface area is 102 Å². The largest absolute Gasteiger partial charge is 0.489 e. The number of anilines is 1. The van der Waals surface area contributed by atoms with Crippen molar-refractivity contribution < 1.29 is 4.74 Å². The summed E-state index contributed by atoms with van der Waals surface area (Å²) >= 11 is 0. The molecule has 0 bridgehead atoms. The number of nitrogens with zero attached hydrogens (tertiary/aromatic N) is 2. The van der Waals surface area contributed by atoms with E-state index in [2.05, 4.69) is 21.3 Å². The average Bonchev–Trinajstić information content (AvgIpc) is 2.31. The number of pyridine rings is 1. The van der Waals surface area contributed by atoms with Crippen molar-refractivity contribution in [2.75, 3.05) is 31.1 Å². The molecule has 0 atom stereocenters. The zero-order chi connectivity index (χ0) is 11.5. The zero-order valence-corrected chi connectivity index (χ0v) is 10.1. The highest BCUT2D eigenvalue weighted by Gasteiger charge is 2.17. The first-order chi connectivity index (χ1) is 8.42. The van der Waals surface area contributed by atoms with Gasteiger partial charge in [-0.1, -0.05) is 0 Å². The summed E-state index contributed by atoms with van der Waals surface area (Å²) in [7, 11) is 0. The Morgan fingerprint density at radius 2 is 2.06 bits per heavy atom. The number of hydrogen-bond acceptors (Lipinski definition) is 4. The van der Waals surface area contributed by atoms with Crippen LogP contribution in [0.3, 0.4) is 0 Å². The van der Waals surface area contributed by atoms with Gasteiger partial charge in [-0.05, 0) is 44.5 Å². The van der Waals surface area contributed by atoms with E-state index in [4.69, 9.17) is 4.74 Å². The fourth-order valence-electron chi connectivity index (χ4n) is 2.28. The molecule has 1 aromatic rings. The third-order valence-electron chi connectivity index (χ3n) is 3.49. The highest BCUT2D eigenvalue weighted by Crippen LogP contribution is 2.21. The molecule has 0 aliphatic carbocycles. The molecule has 2 aliphatic rings. The molecule has 2 aliphatic heterocycles. The Hall–Kier alpha value is -1.29. The van der Waals surface area contributed by atoms with Crippen molar-refractivity contribution >= 4 is 5.82 Å². The van der Waals surface area contributed by atoms with Crippen LogP contribution in [0.5, 0.6) is 5.75 Å². The molecule has 0 amide bonds. The summed E-state index contributed by atoms with van der Waals surface area (Å²) in [6, 6.07) is 4.11. The topological polar surface area (TPSA) is 37.4 Å². The van der Waals surface area contributed by atoms with Gasteiger partial charge < -0.3 is 15.0 Å². The van der Waals surface area contributed by atoms with Gasteiger partial charge in [0.1, 0.15) is 17.7 Å². The number of ether oxygens (including phenoxy) is 1. The quantitative estimate of drug-likeness (QED) is 0.857. The van der Waals surface area contributed by atoms with Crippen molar-refractivity contribution in [1.29, 1.82) is 0 Å². The summed E-state index contributed by atoms with van der Waals surface area (Å²) < 4.78 is 5.92. The lowest BCUT2D eigenvalue weighted by Gasteiger charge is -2.32. The van der Waals surface area contributed by atoms with Crippen LogP contribution in [0.1, 0.15) is 19.3 Å². The maximum absolute atomic E-state index is 5.92. The average molecular weight is 233 g/mol. The molecule has 0 aromatic carbocycles. The van der Waals surface area contributed by atoms with Crippen LogP contribution in [0.2, 0.25) is 0 Å². The summed E-state index contributed by atoms with van der Waals surface area (Å²) in [4.78, 5) is 6.74. The molecular formula is C13H19N3O. The van der Waals surface area contributed by atoms with Gasteiger partial charge in [0, 0.05) is 13.1 Å². The van der Waals surface area contributed by atoms with Crippen LogP contribution >= 0.6 is 0 Å². The monoisotopic (exact) mass is 233 g/mol. The van der Waals surface area contributed by atoms with Crippen LogP contribution in [0.25, 0.3) is 0 Å². The molecule has 3 heterocycles. The van der Waals surface area contributed by atoms with Crippen LogP contribution in [0, 0.1) is 0 Å². The lowest BCUT2D eigenvalue weighted by atomic mass is 10.1. The van der Waals surface area contributed by atoms with E-state index in [1.165, 1.54) is 6.42 Å². The second-order valence-corrected chi connectivity index (χ2v) is 4.76. The van der Waals surface area contributed by atoms with Gasteiger partial charge in [0.05, 0.1) is 6.20 Å². The molecule has 4 heteroatoms. The van der Waals surface area contributed by atoms with Crippen molar-refractivity contribution in [3.63, 3.8) is 0 Å². The molecule has 1 N–H and O–H groups in total. The molecule has 0 saturated carbocycles. The van der Waals surface area contributed by atoms with Gasteiger partial charge in [0.2, 0.25) is 0 Å². The highest BCUT2D eigenvalue weighted by atomic mass is 16.5. The Balaban J connectivity index is 1.59. The summed E-state index contributed by atoms with van der Waals surface area (Å²) in [6.07, 6.45) is 5.68. The van der Waals surface area contributed by atoms with Gasteiger partial charge in [-0.15, -0.1) is 0 Å². The molecular weight excluding hydrogens is 214 g/mol. The van der Waals surface area contributed by atoms with Gasteiger partial charge in [0.25, 0.3) is 0 Å². The minimum absolute atomic E-state index is 0.355. The van der Waals surface area contributed by atoms with Gasteiger partial charge >= 0.3 is 0 Å². The van der Waals surface area contributed by atoms with E-state index in [1.54, 1.807) is 0 Å². The maximum Gasteiger partial charge on any atom is 0.138 e. The first kappa shape index (κ1) is 10.8. The predicted molar refractivity (Wildman–Crippen MR) is 67.6 cm³/mol. The number of aromatic nitrogens is 1. The zero-order valence-electron chi connectivity index (χ0n) is 10.1. The van der Waals surface area contributed by atoms with Gasteiger partial charge in [-0.25, -0.2) is 4.98 Å². The van der Waals surface area contributed by atoms with Crippen LogP contribution in [-0.4, -0.2) is 37.3 Å². The first-order valence-corrected chi connectivity index (χ1v) is 6.50. The third-order valence-corrected chi connectivity index (χ3v) is 3.49. The lowest BCUT2D eigenvalue weighted by molar-refractivity contribution is 0.162. The molecule has 92 valence electrons. The highest BCUT2D eigenvalue weighted by molar-refractivity contribution is 5.42. The Kier molecular flexibility index (Phi) is 3.14. The Morgan fingerprint density at radius 1 is 1.24 bits per heavy atom. The molecule has 0 spiro atoms. The second kappa shape index (κ2) is 4.92. The van der Waals surface area contributed by atoms with Crippen molar-refractivity contribution in [2.45, 2.75) is 25.4 Å².